The van der Waals surface area contributed by atoms with Gasteiger partial charge in [0.1, 0.15) is 0 Å². The average Bonchev–Trinajstić information content (AvgIpc) is 3.18. The molecule has 0 radical (unpaired) electrons. The van der Waals surface area contributed by atoms with E-state index >= 15 is 0 Å². The molecule has 0 saturated carbocycles. The summed E-state index contributed by atoms with van der Waals surface area (Å²) in [6.45, 7) is 2.83. The molecule has 134 valence electrons. The number of hydrogen-bond acceptors (Lipinski definition) is 4. The highest BCUT2D eigenvalue weighted by Crippen LogP contribution is 2.32. The van der Waals surface area contributed by atoms with Gasteiger partial charge in [0, 0.05) is 36.3 Å². The monoisotopic (exact) mass is 355 g/mol. The number of rotatable bonds is 6. The summed E-state index contributed by atoms with van der Waals surface area (Å²) in [6, 6.07) is 16.4. The summed E-state index contributed by atoms with van der Waals surface area (Å²) in [6.07, 6.45) is 10.8. The Balaban J connectivity index is 1.86. The minimum absolute atomic E-state index is 0.777. The summed E-state index contributed by atoms with van der Waals surface area (Å²) in [7, 11) is 0. The molecule has 27 heavy (non-hydrogen) atoms. The Hall–Kier alpha value is -3.47. The summed E-state index contributed by atoms with van der Waals surface area (Å²) in [5, 5.41) is 12.4. The van der Waals surface area contributed by atoms with Gasteiger partial charge in [-0.3, -0.25) is 9.38 Å². The van der Waals surface area contributed by atoms with Gasteiger partial charge in [-0.2, -0.15) is 0 Å². The Morgan fingerprint density at radius 1 is 1.00 bits per heavy atom. The average molecular weight is 355 g/mol. The number of allylic oxidation sites excluding steroid dienone is 1. The van der Waals surface area contributed by atoms with E-state index in [-0.39, 0.29) is 0 Å². The van der Waals surface area contributed by atoms with Crippen LogP contribution in [0.4, 0.5) is 5.82 Å². The van der Waals surface area contributed by atoms with Crippen molar-refractivity contribution in [1.82, 2.24) is 19.6 Å². The van der Waals surface area contributed by atoms with E-state index in [0.717, 1.165) is 46.8 Å². The fourth-order valence-corrected chi connectivity index (χ4v) is 3.15. The molecule has 0 saturated heterocycles. The molecule has 5 heteroatoms. The summed E-state index contributed by atoms with van der Waals surface area (Å²) in [5.41, 5.74) is 4.24. The van der Waals surface area contributed by atoms with E-state index in [4.69, 9.17) is 0 Å². The predicted molar refractivity (Wildman–Crippen MR) is 110 cm³/mol. The largest absolute Gasteiger partial charge is 0.367 e. The van der Waals surface area contributed by atoms with Gasteiger partial charge in [0.2, 0.25) is 0 Å². The van der Waals surface area contributed by atoms with Crippen LogP contribution in [-0.2, 0) is 0 Å². The van der Waals surface area contributed by atoms with Crippen LogP contribution in [0.25, 0.3) is 28.0 Å². The van der Waals surface area contributed by atoms with Gasteiger partial charge in [-0.05, 0) is 37.1 Å². The van der Waals surface area contributed by atoms with Gasteiger partial charge < -0.3 is 5.32 Å². The number of pyridine rings is 1. The fraction of sp³-hybridized carbons (Fsp3) is 0.136. The van der Waals surface area contributed by atoms with Crippen molar-refractivity contribution in [2.24, 2.45) is 0 Å². The first-order valence-corrected chi connectivity index (χ1v) is 9.07. The smallest absolute Gasteiger partial charge is 0.173 e. The predicted octanol–water partition coefficient (Wildman–Crippen LogP) is 4.84. The molecular formula is C22H21N5. The van der Waals surface area contributed by atoms with Crippen LogP contribution < -0.4 is 5.32 Å². The number of nitrogens with zero attached hydrogens (tertiary/aromatic N) is 4. The first kappa shape index (κ1) is 17.0. The van der Waals surface area contributed by atoms with Crippen molar-refractivity contribution >= 4 is 11.3 Å². The number of hydrogen-bond donors (Lipinski definition) is 1. The second-order valence-corrected chi connectivity index (χ2v) is 6.21. The molecular weight excluding hydrogens is 334 g/mol. The molecule has 4 aromatic rings. The maximum atomic E-state index is 4.51. The second kappa shape index (κ2) is 7.83. The maximum Gasteiger partial charge on any atom is 0.173 e. The normalized spacial score (nSPS) is 11.3. The standard InChI is InChI=1S/C22H21N5/c1-2-3-7-14-24-21-20-19(17-9-5-4-6-10-17)12-15-27(20)22(26-25-21)18-11-8-13-23-16-18/h2-6,8-13,15-16H,7,14H2,1H3,(H,24,25). The fourth-order valence-electron chi connectivity index (χ4n) is 3.15. The molecule has 0 aliphatic rings. The van der Waals surface area contributed by atoms with Crippen molar-refractivity contribution < 1.29 is 0 Å². The molecule has 3 heterocycles. The molecule has 5 nitrogen and oxygen atoms in total. The van der Waals surface area contributed by atoms with Gasteiger partial charge in [-0.15, -0.1) is 10.2 Å². The highest BCUT2D eigenvalue weighted by molar-refractivity contribution is 5.89. The summed E-state index contributed by atoms with van der Waals surface area (Å²) >= 11 is 0. The van der Waals surface area contributed by atoms with Crippen LogP contribution in [0, 0.1) is 0 Å². The summed E-state index contributed by atoms with van der Waals surface area (Å²) in [4.78, 5) is 4.22. The molecule has 0 atom stereocenters. The zero-order chi connectivity index (χ0) is 18.5. The third kappa shape index (κ3) is 3.44. The zero-order valence-corrected chi connectivity index (χ0v) is 15.2. The zero-order valence-electron chi connectivity index (χ0n) is 15.2. The number of aromatic nitrogens is 4. The van der Waals surface area contributed by atoms with Crippen molar-refractivity contribution in [3.8, 4) is 22.5 Å². The Kier molecular flexibility index (Phi) is 4.92. The van der Waals surface area contributed by atoms with Crippen LogP contribution in [0.15, 0.2) is 79.3 Å². The van der Waals surface area contributed by atoms with Crippen LogP contribution in [0.1, 0.15) is 13.3 Å². The lowest BCUT2D eigenvalue weighted by molar-refractivity contribution is 0.942. The van der Waals surface area contributed by atoms with Crippen LogP contribution in [0.2, 0.25) is 0 Å². The van der Waals surface area contributed by atoms with Crippen LogP contribution in [0.3, 0.4) is 0 Å². The molecule has 3 aromatic heterocycles. The molecule has 1 aromatic carbocycles. The van der Waals surface area contributed by atoms with E-state index in [9.17, 15) is 0 Å². The summed E-state index contributed by atoms with van der Waals surface area (Å²) in [5.74, 6) is 1.57. The highest BCUT2D eigenvalue weighted by Gasteiger charge is 2.15. The van der Waals surface area contributed by atoms with Crippen molar-refractivity contribution in [2.75, 3.05) is 11.9 Å². The van der Waals surface area contributed by atoms with E-state index in [1.54, 1.807) is 6.20 Å². The highest BCUT2D eigenvalue weighted by atomic mass is 15.2. The molecule has 0 bridgehead atoms. The van der Waals surface area contributed by atoms with Crippen LogP contribution >= 0.6 is 0 Å². The topological polar surface area (TPSA) is 55.1 Å². The minimum Gasteiger partial charge on any atom is -0.367 e. The Morgan fingerprint density at radius 3 is 2.63 bits per heavy atom. The van der Waals surface area contributed by atoms with E-state index in [2.05, 4.69) is 67.4 Å². The first-order chi connectivity index (χ1) is 13.4. The molecule has 0 aliphatic carbocycles. The van der Waals surface area contributed by atoms with Gasteiger partial charge in [-0.25, -0.2) is 0 Å². The maximum absolute atomic E-state index is 4.51. The van der Waals surface area contributed by atoms with E-state index < -0.39 is 0 Å². The number of nitrogens with one attached hydrogen (secondary N) is 1. The molecule has 1 N–H and O–H groups in total. The lowest BCUT2D eigenvalue weighted by Gasteiger charge is -2.11. The van der Waals surface area contributed by atoms with Gasteiger partial charge in [-0.1, -0.05) is 42.5 Å². The molecule has 0 fully saturated rings. The quantitative estimate of drug-likeness (QED) is 0.397. The number of fused-ring (bicyclic) bond motifs is 1. The van der Waals surface area contributed by atoms with E-state index in [1.165, 1.54) is 0 Å². The van der Waals surface area contributed by atoms with E-state index in [0.29, 0.717) is 0 Å². The third-order valence-electron chi connectivity index (χ3n) is 4.43. The van der Waals surface area contributed by atoms with Crippen molar-refractivity contribution in [3.05, 3.63) is 79.3 Å². The summed E-state index contributed by atoms with van der Waals surface area (Å²) < 4.78 is 2.09. The molecule has 4 rings (SSSR count). The lowest BCUT2D eigenvalue weighted by atomic mass is 10.1. The van der Waals surface area contributed by atoms with Gasteiger partial charge in [0.25, 0.3) is 0 Å². The SMILES string of the molecule is CC=CCCNc1nnc(-c2cccnc2)n2ccc(-c3ccccc3)c12. The molecule has 0 amide bonds. The van der Waals surface area contributed by atoms with Crippen molar-refractivity contribution in [1.29, 1.82) is 0 Å². The lowest BCUT2D eigenvalue weighted by Crippen LogP contribution is -2.08. The van der Waals surface area contributed by atoms with Crippen LogP contribution in [-0.4, -0.2) is 26.1 Å². The Bertz CT molecular complexity index is 1050. The first-order valence-electron chi connectivity index (χ1n) is 9.07. The van der Waals surface area contributed by atoms with Gasteiger partial charge >= 0.3 is 0 Å². The van der Waals surface area contributed by atoms with Crippen molar-refractivity contribution in [3.63, 3.8) is 0 Å². The minimum atomic E-state index is 0.777. The Labute approximate surface area is 158 Å². The number of anilines is 1. The van der Waals surface area contributed by atoms with Gasteiger partial charge in [0.05, 0.1) is 5.52 Å². The third-order valence-corrected chi connectivity index (χ3v) is 4.43. The van der Waals surface area contributed by atoms with Crippen LogP contribution in [0.5, 0.6) is 0 Å². The van der Waals surface area contributed by atoms with Gasteiger partial charge in [0.15, 0.2) is 11.6 Å². The Morgan fingerprint density at radius 2 is 1.85 bits per heavy atom. The molecule has 0 aliphatic heterocycles. The second-order valence-electron chi connectivity index (χ2n) is 6.21. The van der Waals surface area contributed by atoms with Crippen molar-refractivity contribution in [2.45, 2.75) is 13.3 Å². The molecule has 0 unspecified atom stereocenters. The number of benzene rings is 1. The molecule has 0 spiro atoms. The van der Waals surface area contributed by atoms with E-state index in [1.807, 2.05) is 37.5 Å².